The number of fused-ring (bicyclic) bond motifs is 5. The van der Waals surface area contributed by atoms with Gasteiger partial charge in [0.25, 0.3) is 0 Å². The number of benzene rings is 2. The van der Waals surface area contributed by atoms with Crippen molar-refractivity contribution in [2.75, 3.05) is 11.4 Å². The van der Waals surface area contributed by atoms with E-state index in [9.17, 15) is 5.26 Å². The van der Waals surface area contributed by atoms with E-state index in [1.54, 1.807) is 0 Å². The topological polar surface area (TPSA) is 82.7 Å². The molecule has 3 heterocycles. The van der Waals surface area contributed by atoms with Crippen molar-refractivity contribution in [3.05, 3.63) is 90.1 Å². The standard InChI is InChI=1S/C24H18N6/c25-15-18(14-17-8-2-1-3-9-17)16-30-23-22(28-21-12-6-7-13-29(21)23)19-10-4-5-11-20(19)27-24(30)26/h1-14H,16H2,(H2,26,27)/b18-14+. The van der Waals surface area contributed by atoms with Crippen LogP contribution >= 0.6 is 0 Å². The van der Waals surface area contributed by atoms with E-state index in [1.165, 1.54) is 0 Å². The summed E-state index contributed by atoms with van der Waals surface area (Å²) in [5.74, 6) is 1.12. The lowest BCUT2D eigenvalue weighted by atomic mass is 10.1. The van der Waals surface area contributed by atoms with Gasteiger partial charge in [-0.1, -0.05) is 54.6 Å². The number of rotatable bonds is 3. The van der Waals surface area contributed by atoms with E-state index < -0.39 is 0 Å². The Labute approximate surface area is 173 Å². The van der Waals surface area contributed by atoms with E-state index in [-0.39, 0.29) is 6.54 Å². The highest BCUT2D eigenvalue weighted by Gasteiger charge is 2.27. The van der Waals surface area contributed by atoms with Gasteiger partial charge in [-0.25, -0.2) is 9.98 Å². The minimum atomic E-state index is 0.282. The SMILES string of the molecule is N#C/C(=C\c1ccccc1)CN1C(N)=Nc2ccccc2-c2nc3ccccn3c21. The summed E-state index contributed by atoms with van der Waals surface area (Å²) in [7, 11) is 0. The molecule has 2 aromatic heterocycles. The van der Waals surface area contributed by atoms with Crippen molar-refractivity contribution in [3.8, 4) is 17.3 Å². The van der Waals surface area contributed by atoms with Crippen molar-refractivity contribution >= 4 is 29.2 Å². The Hall–Kier alpha value is -4.37. The second-order valence-electron chi connectivity index (χ2n) is 6.98. The van der Waals surface area contributed by atoms with Crippen molar-refractivity contribution in [2.45, 2.75) is 0 Å². The van der Waals surface area contributed by atoms with Crippen LogP contribution in [0.2, 0.25) is 0 Å². The van der Waals surface area contributed by atoms with Crippen LogP contribution in [0.25, 0.3) is 23.0 Å². The molecule has 2 aromatic carbocycles. The third-order valence-electron chi connectivity index (χ3n) is 5.04. The predicted octanol–water partition coefficient (Wildman–Crippen LogP) is 4.37. The number of nitrogens with zero attached hydrogens (tertiary/aromatic N) is 5. The smallest absolute Gasteiger partial charge is 0.202 e. The number of nitrogens with two attached hydrogens (primary N) is 1. The van der Waals surface area contributed by atoms with Gasteiger partial charge in [0.15, 0.2) is 0 Å². The van der Waals surface area contributed by atoms with Crippen LogP contribution in [0.15, 0.2) is 89.6 Å². The maximum atomic E-state index is 9.81. The molecule has 1 aliphatic rings. The molecule has 0 atom stereocenters. The first kappa shape index (κ1) is 17.7. The van der Waals surface area contributed by atoms with Crippen molar-refractivity contribution in [1.29, 1.82) is 5.26 Å². The minimum Gasteiger partial charge on any atom is -0.369 e. The second-order valence-corrected chi connectivity index (χ2v) is 6.98. The quantitative estimate of drug-likeness (QED) is 0.527. The molecule has 2 N–H and O–H groups in total. The first-order chi connectivity index (χ1) is 14.7. The van der Waals surface area contributed by atoms with Crippen LogP contribution in [-0.2, 0) is 0 Å². The molecular weight excluding hydrogens is 372 g/mol. The van der Waals surface area contributed by atoms with Gasteiger partial charge in [0.2, 0.25) is 5.96 Å². The van der Waals surface area contributed by atoms with Crippen molar-refractivity contribution in [1.82, 2.24) is 9.38 Å². The number of hydrogen-bond acceptors (Lipinski definition) is 5. The molecule has 0 aliphatic carbocycles. The Balaban J connectivity index is 1.69. The van der Waals surface area contributed by atoms with Crippen molar-refractivity contribution in [2.24, 2.45) is 10.7 Å². The lowest BCUT2D eigenvalue weighted by molar-refractivity contribution is 1.03. The maximum absolute atomic E-state index is 9.81. The average molecular weight is 390 g/mol. The largest absolute Gasteiger partial charge is 0.369 e. The molecule has 144 valence electrons. The minimum absolute atomic E-state index is 0.282. The summed E-state index contributed by atoms with van der Waals surface area (Å²) in [4.78, 5) is 11.3. The van der Waals surface area contributed by atoms with Gasteiger partial charge in [0.05, 0.1) is 23.9 Å². The normalized spacial score (nSPS) is 13.2. The highest BCUT2D eigenvalue weighted by atomic mass is 15.3. The fourth-order valence-electron chi connectivity index (χ4n) is 3.68. The lowest BCUT2D eigenvalue weighted by Crippen LogP contribution is -2.39. The lowest BCUT2D eigenvalue weighted by Gasteiger charge is -2.22. The number of pyridine rings is 1. The van der Waals surface area contributed by atoms with E-state index in [0.29, 0.717) is 11.5 Å². The summed E-state index contributed by atoms with van der Waals surface area (Å²) in [5, 5.41) is 9.81. The summed E-state index contributed by atoms with van der Waals surface area (Å²) in [6.07, 6.45) is 3.82. The zero-order chi connectivity index (χ0) is 20.5. The molecule has 0 spiro atoms. The summed E-state index contributed by atoms with van der Waals surface area (Å²) < 4.78 is 1.98. The van der Waals surface area contributed by atoms with Crippen LogP contribution in [0.1, 0.15) is 5.56 Å². The first-order valence-corrected chi connectivity index (χ1v) is 9.58. The molecule has 0 unspecified atom stereocenters. The van der Waals surface area contributed by atoms with Crippen molar-refractivity contribution in [3.63, 3.8) is 0 Å². The zero-order valence-corrected chi connectivity index (χ0v) is 16.1. The molecule has 5 rings (SSSR count). The van der Waals surface area contributed by atoms with Gasteiger partial charge in [-0.3, -0.25) is 9.30 Å². The van der Waals surface area contributed by atoms with Crippen LogP contribution in [-0.4, -0.2) is 21.9 Å². The third-order valence-corrected chi connectivity index (χ3v) is 5.04. The van der Waals surface area contributed by atoms with Gasteiger partial charge in [-0.05, 0) is 29.8 Å². The molecule has 0 radical (unpaired) electrons. The van der Waals surface area contributed by atoms with E-state index in [0.717, 1.165) is 34.0 Å². The fraction of sp³-hybridized carbons (Fsp3) is 0.0417. The molecule has 4 aromatic rings. The van der Waals surface area contributed by atoms with Crippen LogP contribution in [0, 0.1) is 11.3 Å². The Bertz CT molecular complexity index is 1340. The molecule has 0 bridgehead atoms. The van der Waals surface area contributed by atoms with Crippen LogP contribution in [0.3, 0.4) is 0 Å². The van der Waals surface area contributed by atoms with E-state index in [2.05, 4.69) is 11.1 Å². The molecule has 6 heteroatoms. The molecule has 6 nitrogen and oxygen atoms in total. The van der Waals surface area contributed by atoms with E-state index in [1.807, 2.05) is 94.4 Å². The van der Waals surface area contributed by atoms with Crippen LogP contribution in [0.5, 0.6) is 0 Å². The highest BCUT2D eigenvalue weighted by Crippen LogP contribution is 2.39. The number of hydrogen-bond donors (Lipinski definition) is 1. The first-order valence-electron chi connectivity index (χ1n) is 9.58. The average Bonchev–Trinajstić information content (AvgIpc) is 3.11. The predicted molar refractivity (Wildman–Crippen MR) is 119 cm³/mol. The Kier molecular flexibility index (Phi) is 4.26. The summed E-state index contributed by atoms with van der Waals surface area (Å²) in [6.45, 7) is 0.282. The van der Waals surface area contributed by atoms with Crippen LogP contribution in [0.4, 0.5) is 11.5 Å². The number of para-hydroxylation sites is 1. The zero-order valence-electron chi connectivity index (χ0n) is 16.1. The highest BCUT2D eigenvalue weighted by molar-refractivity contribution is 6.04. The molecule has 30 heavy (non-hydrogen) atoms. The van der Waals surface area contributed by atoms with Crippen LogP contribution < -0.4 is 10.6 Å². The number of aliphatic imine (C=N–C) groups is 1. The summed E-state index contributed by atoms with van der Waals surface area (Å²) in [5.41, 5.74) is 11.2. The van der Waals surface area contributed by atoms with Gasteiger partial charge in [-0.2, -0.15) is 5.26 Å². The van der Waals surface area contributed by atoms with E-state index >= 15 is 0 Å². The summed E-state index contributed by atoms with van der Waals surface area (Å²) in [6, 6.07) is 25.7. The van der Waals surface area contributed by atoms with Gasteiger partial charge in [0, 0.05) is 11.8 Å². The number of aromatic nitrogens is 2. The number of nitriles is 1. The number of guanidine groups is 1. The van der Waals surface area contributed by atoms with Gasteiger partial charge in [-0.15, -0.1) is 0 Å². The Morgan fingerprint density at radius 1 is 1.00 bits per heavy atom. The number of anilines is 1. The molecule has 1 aliphatic heterocycles. The molecule has 0 fully saturated rings. The third kappa shape index (κ3) is 2.99. The Morgan fingerprint density at radius 3 is 2.60 bits per heavy atom. The van der Waals surface area contributed by atoms with Gasteiger partial charge >= 0.3 is 0 Å². The molecule has 0 saturated carbocycles. The monoisotopic (exact) mass is 390 g/mol. The Morgan fingerprint density at radius 2 is 1.77 bits per heavy atom. The van der Waals surface area contributed by atoms with E-state index in [4.69, 9.17) is 10.7 Å². The molecule has 0 saturated heterocycles. The molecular formula is C24H18N6. The maximum Gasteiger partial charge on any atom is 0.202 e. The second kappa shape index (κ2) is 7.22. The summed E-state index contributed by atoms with van der Waals surface area (Å²) >= 11 is 0. The fourth-order valence-corrected chi connectivity index (χ4v) is 3.68. The number of imidazole rings is 1. The van der Waals surface area contributed by atoms with Gasteiger partial charge in [0.1, 0.15) is 17.2 Å². The van der Waals surface area contributed by atoms with Crippen molar-refractivity contribution < 1.29 is 0 Å². The van der Waals surface area contributed by atoms with Gasteiger partial charge < -0.3 is 5.73 Å². The molecule has 0 amide bonds.